The second kappa shape index (κ2) is 13.2. The number of aryl methyl sites for hydroxylation is 1. The highest BCUT2D eigenvalue weighted by molar-refractivity contribution is 6.07. The van der Waals surface area contributed by atoms with Crippen LogP contribution in [0.15, 0.2) is 36.8 Å². The summed E-state index contributed by atoms with van der Waals surface area (Å²) in [5.41, 5.74) is 2.61. The molecular weight excluding hydrogens is 512 g/mol. The molecule has 3 heterocycles. The standard InChI is InChI=1S/C28H40N8O4/c1-18(2)35-15-20(30-17-37)11-25(35)28(40)31-21-12-23(34(7)14-21)27(39)32-22-13-24(36(16-22)19(3)4)26(38)29-9-8-10-33(5)6/h11-19H,8-10H2,1-7H3,(H,29,38)(H,30,37)(H,31,40)(H,32,39). The lowest BCUT2D eigenvalue weighted by Crippen LogP contribution is -2.29. The van der Waals surface area contributed by atoms with E-state index >= 15 is 0 Å². The molecule has 0 spiro atoms. The first-order valence-electron chi connectivity index (χ1n) is 13.3. The lowest BCUT2D eigenvalue weighted by atomic mass is 10.3. The van der Waals surface area contributed by atoms with Crippen molar-refractivity contribution < 1.29 is 19.2 Å². The van der Waals surface area contributed by atoms with Gasteiger partial charge in [-0.25, -0.2) is 0 Å². The van der Waals surface area contributed by atoms with E-state index in [1.54, 1.807) is 53.0 Å². The highest BCUT2D eigenvalue weighted by atomic mass is 16.2. The van der Waals surface area contributed by atoms with Crippen molar-refractivity contribution in [2.45, 2.75) is 46.2 Å². The Labute approximate surface area is 234 Å². The van der Waals surface area contributed by atoms with Crippen LogP contribution in [-0.2, 0) is 11.8 Å². The molecule has 3 aromatic rings. The van der Waals surface area contributed by atoms with Crippen LogP contribution in [0.4, 0.5) is 17.1 Å². The number of aromatic nitrogens is 3. The lowest BCUT2D eigenvalue weighted by molar-refractivity contribution is -0.105. The molecule has 0 fully saturated rings. The van der Waals surface area contributed by atoms with Crippen LogP contribution >= 0.6 is 0 Å². The van der Waals surface area contributed by atoms with E-state index in [9.17, 15) is 19.2 Å². The summed E-state index contributed by atoms with van der Waals surface area (Å²) in [7, 11) is 5.68. The minimum Gasteiger partial charge on any atom is -0.351 e. The summed E-state index contributed by atoms with van der Waals surface area (Å²) in [6.07, 6.45) is 6.47. The largest absolute Gasteiger partial charge is 0.351 e. The molecule has 0 aliphatic heterocycles. The van der Waals surface area contributed by atoms with Gasteiger partial charge in [0.1, 0.15) is 17.1 Å². The Kier molecular flexibility index (Phi) is 9.94. The minimum absolute atomic E-state index is 0.0109. The zero-order chi connectivity index (χ0) is 29.6. The first-order valence-corrected chi connectivity index (χ1v) is 13.3. The SMILES string of the molecule is CC(C)n1cc(NC(=O)c2cc(NC(=O)c3cc(NC=O)cn3C(C)C)cn2C)cc1C(=O)NCCCN(C)C. The fraction of sp³-hybridized carbons (Fsp3) is 0.429. The maximum atomic E-state index is 13.2. The van der Waals surface area contributed by atoms with Crippen LogP contribution in [0.25, 0.3) is 0 Å². The number of rotatable bonds is 13. The van der Waals surface area contributed by atoms with Crippen LogP contribution in [0.2, 0.25) is 0 Å². The van der Waals surface area contributed by atoms with Gasteiger partial charge in [0.2, 0.25) is 6.41 Å². The molecule has 0 atom stereocenters. The minimum atomic E-state index is -0.384. The van der Waals surface area contributed by atoms with E-state index in [0.29, 0.717) is 47.1 Å². The van der Waals surface area contributed by atoms with Crippen molar-refractivity contribution >= 4 is 41.2 Å². The summed E-state index contributed by atoms with van der Waals surface area (Å²) < 4.78 is 5.20. The fourth-order valence-corrected chi connectivity index (χ4v) is 4.33. The first kappa shape index (κ1) is 30.2. The van der Waals surface area contributed by atoms with E-state index in [0.717, 1.165) is 13.0 Å². The summed E-state index contributed by atoms with van der Waals surface area (Å²) in [5, 5.41) is 11.2. The summed E-state index contributed by atoms with van der Waals surface area (Å²) in [6.45, 7) is 9.21. The molecule has 0 unspecified atom stereocenters. The first-order chi connectivity index (χ1) is 18.9. The number of carbonyl (C=O) groups excluding carboxylic acids is 4. The molecule has 3 aromatic heterocycles. The third kappa shape index (κ3) is 7.41. The van der Waals surface area contributed by atoms with Gasteiger partial charge >= 0.3 is 0 Å². The van der Waals surface area contributed by atoms with Crippen LogP contribution in [0.3, 0.4) is 0 Å². The van der Waals surface area contributed by atoms with Crippen molar-refractivity contribution in [1.29, 1.82) is 0 Å². The molecule has 0 bridgehead atoms. The van der Waals surface area contributed by atoms with E-state index in [1.807, 2.05) is 46.4 Å². The Hall–Kier alpha value is -4.32. The zero-order valence-electron chi connectivity index (χ0n) is 24.2. The smallest absolute Gasteiger partial charge is 0.272 e. The van der Waals surface area contributed by atoms with Gasteiger partial charge in [-0.1, -0.05) is 0 Å². The van der Waals surface area contributed by atoms with Crippen molar-refractivity contribution in [3.8, 4) is 0 Å². The van der Waals surface area contributed by atoms with Crippen LogP contribution in [-0.4, -0.2) is 69.9 Å². The molecule has 12 nitrogen and oxygen atoms in total. The molecule has 40 heavy (non-hydrogen) atoms. The second-order valence-electron chi connectivity index (χ2n) is 10.5. The summed E-state index contributed by atoms with van der Waals surface area (Å²) in [4.78, 5) is 51.9. The molecule has 4 amide bonds. The van der Waals surface area contributed by atoms with Gasteiger partial charge in [-0.05, 0) is 73.0 Å². The van der Waals surface area contributed by atoms with E-state index in [-0.39, 0.29) is 29.8 Å². The Morgan fingerprint density at radius 1 is 0.800 bits per heavy atom. The van der Waals surface area contributed by atoms with Crippen molar-refractivity contribution in [2.75, 3.05) is 43.1 Å². The molecule has 216 valence electrons. The molecular formula is C28H40N8O4. The maximum absolute atomic E-state index is 13.2. The van der Waals surface area contributed by atoms with Crippen LogP contribution in [0.5, 0.6) is 0 Å². The number of carbonyl (C=O) groups is 4. The number of hydrogen-bond donors (Lipinski definition) is 4. The molecule has 12 heteroatoms. The summed E-state index contributed by atoms with van der Waals surface area (Å²) in [6, 6.07) is 4.84. The molecule has 0 aromatic carbocycles. The molecule has 0 saturated carbocycles. The topological polar surface area (TPSA) is 134 Å². The van der Waals surface area contributed by atoms with E-state index in [2.05, 4.69) is 26.2 Å². The average Bonchev–Trinajstić information content (AvgIpc) is 3.58. The monoisotopic (exact) mass is 552 g/mol. The van der Waals surface area contributed by atoms with E-state index < -0.39 is 0 Å². The van der Waals surface area contributed by atoms with Crippen molar-refractivity contribution in [2.24, 2.45) is 7.05 Å². The zero-order valence-corrected chi connectivity index (χ0v) is 24.2. The van der Waals surface area contributed by atoms with Gasteiger partial charge < -0.3 is 39.9 Å². The third-order valence-electron chi connectivity index (χ3n) is 6.32. The average molecular weight is 553 g/mol. The Morgan fingerprint density at radius 3 is 1.88 bits per heavy atom. The van der Waals surface area contributed by atoms with Gasteiger partial charge in [-0.15, -0.1) is 0 Å². The highest BCUT2D eigenvalue weighted by Gasteiger charge is 2.20. The fourth-order valence-electron chi connectivity index (χ4n) is 4.33. The van der Waals surface area contributed by atoms with Crippen molar-refractivity contribution in [3.05, 3.63) is 53.9 Å². The Morgan fingerprint density at radius 2 is 1.30 bits per heavy atom. The molecule has 4 N–H and O–H groups in total. The summed E-state index contributed by atoms with van der Waals surface area (Å²) >= 11 is 0. The number of amides is 4. The number of anilines is 3. The molecule has 0 aliphatic rings. The number of hydrogen-bond acceptors (Lipinski definition) is 5. The Bertz CT molecular complexity index is 1360. The summed E-state index contributed by atoms with van der Waals surface area (Å²) in [5.74, 6) is -0.959. The third-order valence-corrected chi connectivity index (χ3v) is 6.32. The predicted molar refractivity (Wildman–Crippen MR) is 156 cm³/mol. The van der Waals surface area contributed by atoms with Gasteiger partial charge in [-0.2, -0.15) is 0 Å². The Balaban J connectivity index is 1.72. The van der Waals surface area contributed by atoms with E-state index in [4.69, 9.17) is 0 Å². The molecule has 0 saturated heterocycles. The normalized spacial score (nSPS) is 11.2. The lowest BCUT2D eigenvalue weighted by Gasteiger charge is -2.13. The quantitative estimate of drug-likeness (QED) is 0.190. The molecule has 0 aliphatic carbocycles. The van der Waals surface area contributed by atoms with Crippen molar-refractivity contribution in [1.82, 2.24) is 23.9 Å². The van der Waals surface area contributed by atoms with Gasteiger partial charge in [0.15, 0.2) is 0 Å². The van der Waals surface area contributed by atoms with Gasteiger partial charge in [-0.3, -0.25) is 19.2 Å². The molecule has 3 rings (SSSR count). The van der Waals surface area contributed by atoms with Crippen molar-refractivity contribution in [3.63, 3.8) is 0 Å². The second-order valence-corrected chi connectivity index (χ2v) is 10.5. The van der Waals surface area contributed by atoms with Crippen LogP contribution < -0.4 is 21.3 Å². The van der Waals surface area contributed by atoms with Gasteiger partial charge in [0.05, 0.1) is 17.1 Å². The number of nitrogens with zero attached hydrogens (tertiary/aromatic N) is 4. The van der Waals surface area contributed by atoms with Crippen LogP contribution in [0, 0.1) is 0 Å². The molecule has 0 radical (unpaired) electrons. The van der Waals surface area contributed by atoms with E-state index in [1.165, 1.54) is 0 Å². The highest BCUT2D eigenvalue weighted by Crippen LogP contribution is 2.23. The number of nitrogens with one attached hydrogen (secondary N) is 4. The van der Waals surface area contributed by atoms with Gasteiger partial charge in [0.25, 0.3) is 17.7 Å². The van der Waals surface area contributed by atoms with Gasteiger partial charge in [0, 0.05) is 44.3 Å². The van der Waals surface area contributed by atoms with Crippen LogP contribution in [0.1, 0.15) is 77.7 Å². The maximum Gasteiger partial charge on any atom is 0.272 e. The predicted octanol–water partition coefficient (Wildman–Crippen LogP) is 3.54.